The van der Waals surface area contributed by atoms with Crippen LogP contribution in [0, 0.1) is 11.5 Å². The Kier molecular flexibility index (Phi) is 1.16. The fourth-order valence-electron chi connectivity index (χ4n) is 1.06. The maximum Gasteiger partial charge on any atom is 0.206 e. The third kappa shape index (κ3) is 0.867. The Morgan fingerprint density at radius 3 is 3.36 bits per heavy atom. The molecule has 0 atom stereocenters. The predicted octanol–water partition coefficient (Wildman–Crippen LogP) is 0.694. The van der Waals surface area contributed by atoms with Crippen molar-refractivity contribution in [2.24, 2.45) is 0 Å². The molecule has 0 aliphatic carbocycles. The van der Waals surface area contributed by atoms with Crippen molar-refractivity contribution in [2.75, 3.05) is 5.32 Å². The van der Waals surface area contributed by atoms with Crippen molar-refractivity contribution in [2.45, 2.75) is 6.42 Å². The number of hydrogen-bond donors (Lipinski definition) is 1. The van der Waals surface area contributed by atoms with Crippen molar-refractivity contribution >= 4 is 5.82 Å². The van der Waals surface area contributed by atoms with Crippen LogP contribution in [0.4, 0.5) is 5.82 Å². The van der Waals surface area contributed by atoms with Gasteiger partial charge in [0.15, 0.2) is 5.82 Å². The molecular formula is C7H6N4. The molecule has 11 heavy (non-hydrogen) atoms. The number of allylic oxidation sites excluding steroid dienone is 1. The molecule has 0 amide bonds. The van der Waals surface area contributed by atoms with Gasteiger partial charge in [-0.1, -0.05) is 6.08 Å². The zero-order valence-corrected chi connectivity index (χ0v) is 5.78. The van der Waals surface area contributed by atoms with Crippen LogP contribution in [0.1, 0.15) is 5.56 Å². The van der Waals surface area contributed by atoms with Crippen LogP contribution in [-0.4, -0.2) is 9.78 Å². The molecule has 1 aromatic heterocycles. The average molecular weight is 146 g/mol. The van der Waals surface area contributed by atoms with E-state index in [1.54, 1.807) is 6.20 Å². The van der Waals surface area contributed by atoms with Gasteiger partial charge < -0.3 is 5.32 Å². The normalized spacial score (nSPS) is 13.4. The van der Waals surface area contributed by atoms with E-state index >= 15 is 0 Å². The molecule has 1 aliphatic rings. The summed E-state index contributed by atoms with van der Waals surface area (Å²) in [4.78, 5) is 0. The largest absolute Gasteiger partial charge is 0.345 e. The highest BCUT2D eigenvalue weighted by Gasteiger charge is 2.08. The Morgan fingerprint density at radius 2 is 2.64 bits per heavy atom. The van der Waals surface area contributed by atoms with Gasteiger partial charge in [-0.2, -0.15) is 9.94 Å². The van der Waals surface area contributed by atoms with Crippen molar-refractivity contribution in [3.05, 3.63) is 24.0 Å². The van der Waals surface area contributed by atoms with Crippen LogP contribution in [0.3, 0.4) is 0 Å². The second-order valence-corrected chi connectivity index (χ2v) is 2.30. The molecule has 2 heterocycles. The van der Waals surface area contributed by atoms with E-state index in [-0.39, 0.29) is 0 Å². The van der Waals surface area contributed by atoms with Gasteiger partial charge in [-0.3, -0.25) is 0 Å². The lowest BCUT2D eigenvalue weighted by Gasteiger charge is -2.02. The van der Waals surface area contributed by atoms with Crippen molar-refractivity contribution in [3.63, 3.8) is 0 Å². The Balaban J connectivity index is 2.46. The molecule has 0 spiro atoms. The number of nitrogens with one attached hydrogen (secondary N) is 1. The van der Waals surface area contributed by atoms with E-state index in [0.717, 1.165) is 17.8 Å². The van der Waals surface area contributed by atoms with Crippen molar-refractivity contribution in [3.8, 4) is 6.19 Å². The van der Waals surface area contributed by atoms with Crippen molar-refractivity contribution in [1.29, 1.82) is 5.26 Å². The molecular weight excluding hydrogens is 140 g/mol. The van der Waals surface area contributed by atoms with Gasteiger partial charge in [0.2, 0.25) is 6.19 Å². The fourth-order valence-corrected chi connectivity index (χ4v) is 1.06. The number of fused-ring (bicyclic) bond motifs is 1. The first kappa shape index (κ1) is 5.98. The highest BCUT2D eigenvalue weighted by molar-refractivity contribution is 5.49. The standard InChI is InChI=1S/C7H6N4/c8-5-11-4-6-2-1-3-9-7(6)10-11/h1,3-4H,2H2,(H,9,10). The summed E-state index contributed by atoms with van der Waals surface area (Å²) >= 11 is 0. The lowest BCUT2D eigenvalue weighted by Crippen LogP contribution is -1.97. The average Bonchev–Trinajstić information content (AvgIpc) is 2.46. The second kappa shape index (κ2) is 2.13. The molecule has 0 aromatic carbocycles. The Bertz CT molecular complexity index is 316. The molecule has 1 aliphatic heterocycles. The van der Waals surface area contributed by atoms with Crippen LogP contribution in [0.15, 0.2) is 18.5 Å². The molecule has 4 heteroatoms. The van der Waals surface area contributed by atoms with Crippen LogP contribution in [0.5, 0.6) is 0 Å². The number of nitriles is 1. The summed E-state index contributed by atoms with van der Waals surface area (Å²) in [6.45, 7) is 0. The summed E-state index contributed by atoms with van der Waals surface area (Å²) in [6.07, 6.45) is 8.32. The zero-order chi connectivity index (χ0) is 7.68. The minimum atomic E-state index is 0.786. The number of aromatic nitrogens is 2. The molecule has 0 unspecified atom stereocenters. The van der Waals surface area contributed by atoms with Crippen LogP contribution >= 0.6 is 0 Å². The van der Waals surface area contributed by atoms with Gasteiger partial charge in [0.1, 0.15) is 0 Å². The van der Waals surface area contributed by atoms with Gasteiger partial charge in [0.05, 0.1) is 0 Å². The van der Waals surface area contributed by atoms with E-state index in [1.165, 1.54) is 4.68 Å². The summed E-state index contributed by atoms with van der Waals surface area (Å²) < 4.78 is 1.25. The van der Waals surface area contributed by atoms with Gasteiger partial charge in [0, 0.05) is 11.8 Å². The minimum absolute atomic E-state index is 0.786. The summed E-state index contributed by atoms with van der Waals surface area (Å²) in [6, 6.07) is 0. The summed E-state index contributed by atoms with van der Waals surface area (Å²) in [5.41, 5.74) is 1.06. The molecule has 4 nitrogen and oxygen atoms in total. The topological polar surface area (TPSA) is 53.6 Å². The zero-order valence-electron chi connectivity index (χ0n) is 5.78. The SMILES string of the molecule is N#Cn1cc2c(n1)NC=CC2. The summed E-state index contributed by atoms with van der Waals surface area (Å²) in [7, 11) is 0. The van der Waals surface area contributed by atoms with Crippen LogP contribution < -0.4 is 5.32 Å². The predicted molar refractivity (Wildman–Crippen MR) is 39.7 cm³/mol. The van der Waals surface area contributed by atoms with Gasteiger partial charge in [-0.25, -0.2) is 0 Å². The van der Waals surface area contributed by atoms with Crippen LogP contribution in [-0.2, 0) is 6.42 Å². The highest BCUT2D eigenvalue weighted by Crippen LogP contribution is 2.16. The highest BCUT2D eigenvalue weighted by atomic mass is 15.3. The van der Waals surface area contributed by atoms with Gasteiger partial charge >= 0.3 is 0 Å². The van der Waals surface area contributed by atoms with E-state index in [9.17, 15) is 0 Å². The van der Waals surface area contributed by atoms with Crippen molar-refractivity contribution in [1.82, 2.24) is 9.78 Å². The van der Waals surface area contributed by atoms with Gasteiger partial charge in [-0.15, -0.1) is 5.10 Å². The third-order valence-corrected chi connectivity index (χ3v) is 1.57. The molecule has 0 saturated carbocycles. The minimum Gasteiger partial charge on any atom is -0.345 e. The molecule has 1 N–H and O–H groups in total. The molecule has 0 radical (unpaired) electrons. The van der Waals surface area contributed by atoms with E-state index in [4.69, 9.17) is 5.26 Å². The van der Waals surface area contributed by atoms with Gasteiger partial charge in [-0.05, 0) is 12.6 Å². The van der Waals surface area contributed by atoms with Crippen LogP contribution in [0.25, 0.3) is 0 Å². The fraction of sp³-hybridized carbons (Fsp3) is 0.143. The van der Waals surface area contributed by atoms with E-state index in [2.05, 4.69) is 10.4 Å². The van der Waals surface area contributed by atoms with Crippen LogP contribution in [0.2, 0.25) is 0 Å². The molecule has 2 rings (SSSR count). The molecule has 0 saturated heterocycles. The first-order valence-electron chi connectivity index (χ1n) is 3.30. The maximum atomic E-state index is 8.49. The second-order valence-electron chi connectivity index (χ2n) is 2.30. The summed E-state index contributed by atoms with van der Waals surface area (Å²) in [5, 5.41) is 15.4. The number of rotatable bonds is 0. The lowest BCUT2D eigenvalue weighted by atomic mass is 10.2. The molecule has 0 bridgehead atoms. The number of anilines is 1. The number of hydrogen-bond acceptors (Lipinski definition) is 3. The first-order valence-corrected chi connectivity index (χ1v) is 3.30. The Labute approximate surface area is 63.7 Å². The summed E-state index contributed by atoms with van der Waals surface area (Å²) in [5.74, 6) is 0.786. The quantitative estimate of drug-likeness (QED) is 0.586. The monoisotopic (exact) mass is 146 g/mol. The van der Waals surface area contributed by atoms with E-state index in [1.807, 2.05) is 18.5 Å². The Morgan fingerprint density at radius 1 is 1.73 bits per heavy atom. The first-order chi connectivity index (χ1) is 5.40. The maximum absolute atomic E-state index is 8.49. The van der Waals surface area contributed by atoms with Gasteiger partial charge in [0.25, 0.3) is 0 Å². The van der Waals surface area contributed by atoms with Crippen molar-refractivity contribution < 1.29 is 0 Å². The van der Waals surface area contributed by atoms with E-state index in [0.29, 0.717) is 0 Å². The smallest absolute Gasteiger partial charge is 0.206 e. The lowest BCUT2D eigenvalue weighted by molar-refractivity contribution is 0.901. The molecule has 54 valence electrons. The number of nitrogens with zero attached hydrogens (tertiary/aromatic N) is 3. The third-order valence-electron chi connectivity index (χ3n) is 1.57. The molecule has 0 fully saturated rings. The molecule has 1 aromatic rings. The van der Waals surface area contributed by atoms with E-state index < -0.39 is 0 Å². The Hall–Kier alpha value is -1.76.